The monoisotopic (exact) mass is 473 g/mol. The van der Waals surface area contributed by atoms with E-state index in [4.69, 9.17) is 10.5 Å². The van der Waals surface area contributed by atoms with Gasteiger partial charge < -0.3 is 35.7 Å². The average Bonchev–Trinajstić information content (AvgIpc) is 3.44. The van der Waals surface area contributed by atoms with Crippen LogP contribution in [0.2, 0.25) is 0 Å². The van der Waals surface area contributed by atoms with Crippen LogP contribution in [0.5, 0.6) is 0 Å². The molecule has 4 heterocycles. The summed E-state index contributed by atoms with van der Waals surface area (Å²) in [6.07, 6.45) is 1.66. The molecule has 3 aromatic heterocycles. The molecule has 0 radical (unpaired) electrons. The molecule has 0 saturated carbocycles. The number of nitrogens with two attached hydrogens (primary N) is 1. The number of anilines is 1. The highest BCUT2D eigenvalue weighted by Crippen LogP contribution is 2.43. The summed E-state index contributed by atoms with van der Waals surface area (Å²) in [4.78, 5) is 21.7. The highest BCUT2D eigenvalue weighted by atomic mass is 32.1. The second-order valence-corrected chi connectivity index (χ2v) is 9.39. The second kappa shape index (κ2) is 8.84. The molecule has 1 fully saturated rings. The van der Waals surface area contributed by atoms with Crippen molar-refractivity contribution in [2.45, 2.75) is 44.8 Å². The quantitative estimate of drug-likeness (QED) is 0.337. The van der Waals surface area contributed by atoms with E-state index in [0.717, 1.165) is 10.5 Å². The second-order valence-electron chi connectivity index (χ2n) is 8.48. The fourth-order valence-electron chi connectivity index (χ4n) is 3.91. The first-order valence-corrected chi connectivity index (χ1v) is 11.3. The summed E-state index contributed by atoms with van der Waals surface area (Å²) in [7, 11) is 0. The molecule has 2 unspecified atom stereocenters. The van der Waals surface area contributed by atoms with Gasteiger partial charge in [-0.05, 0) is 26.8 Å². The lowest BCUT2D eigenvalue weighted by molar-refractivity contribution is -0.0948. The van der Waals surface area contributed by atoms with E-state index >= 15 is 0 Å². The third-order valence-electron chi connectivity index (χ3n) is 5.73. The number of aliphatic hydroxyl groups excluding tert-OH is 2. The van der Waals surface area contributed by atoms with Crippen LogP contribution in [0, 0.1) is 0 Å². The van der Waals surface area contributed by atoms with Crippen LogP contribution in [0.4, 0.5) is 5.82 Å². The Kier molecular flexibility index (Phi) is 6.25. The summed E-state index contributed by atoms with van der Waals surface area (Å²) in [6, 6.07) is 1.76. The van der Waals surface area contributed by atoms with E-state index < -0.39 is 30.6 Å². The molecule has 4 atom stereocenters. The van der Waals surface area contributed by atoms with Crippen molar-refractivity contribution < 1.29 is 24.9 Å². The summed E-state index contributed by atoms with van der Waals surface area (Å²) in [5.74, 6) is 0.0348. The van der Waals surface area contributed by atoms with Gasteiger partial charge in [-0.3, -0.25) is 4.79 Å². The van der Waals surface area contributed by atoms with Gasteiger partial charge in [0.25, 0.3) is 5.91 Å². The van der Waals surface area contributed by atoms with Crippen molar-refractivity contribution in [1.82, 2.24) is 19.9 Å². The SMILES string of the molecule is CC(C)=CCNC(=O)c1csc(-c2cn([C@@H]3OC(CO)C(O)[C@]3(C)O)c3ncnc(N)c23)c1. The Bertz CT molecular complexity index is 1210. The van der Waals surface area contributed by atoms with Crippen molar-refractivity contribution in [2.24, 2.45) is 0 Å². The molecular weight excluding hydrogens is 446 g/mol. The van der Waals surface area contributed by atoms with Gasteiger partial charge in [0.2, 0.25) is 0 Å². The van der Waals surface area contributed by atoms with Crippen LogP contribution in [0.3, 0.4) is 0 Å². The van der Waals surface area contributed by atoms with E-state index in [-0.39, 0.29) is 11.7 Å². The van der Waals surface area contributed by atoms with Crippen LogP contribution in [0.15, 0.2) is 35.6 Å². The number of thiophene rings is 1. The first kappa shape index (κ1) is 23.3. The predicted molar refractivity (Wildman–Crippen MR) is 125 cm³/mol. The number of aromatic nitrogens is 3. The van der Waals surface area contributed by atoms with Gasteiger partial charge in [-0.2, -0.15) is 0 Å². The fraction of sp³-hybridized carbons (Fsp3) is 0.409. The Morgan fingerprint density at radius 1 is 1.42 bits per heavy atom. The molecule has 1 amide bonds. The molecule has 1 aliphatic rings. The van der Waals surface area contributed by atoms with Crippen molar-refractivity contribution in [3.8, 4) is 10.4 Å². The van der Waals surface area contributed by atoms with E-state index in [2.05, 4.69) is 15.3 Å². The fourth-order valence-corrected chi connectivity index (χ4v) is 4.82. The number of ether oxygens (including phenoxy) is 1. The van der Waals surface area contributed by atoms with Crippen molar-refractivity contribution in [2.75, 3.05) is 18.9 Å². The third-order valence-corrected chi connectivity index (χ3v) is 6.69. The van der Waals surface area contributed by atoms with Crippen molar-refractivity contribution in [3.63, 3.8) is 0 Å². The molecule has 0 aromatic carbocycles. The molecule has 1 saturated heterocycles. The standard InChI is InChI=1S/C22H27N5O5S/c1-11(2)4-5-24-20(30)12-6-15(33-9-12)13-7-27(19-16(13)18(23)25-10-26-19)21-22(3,31)17(29)14(8-28)32-21/h4,6-7,9-10,14,17,21,28-29,31H,5,8H2,1-3H3,(H,24,30)(H2,23,25,26)/t14?,17?,21-,22+/m1/s1. The first-order chi connectivity index (χ1) is 15.6. The molecule has 0 bridgehead atoms. The van der Waals surface area contributed by atoms with Gasteiger partial charge in [0, 0.05) is 28.6 Å². The zero-order chi connectivity index (χ0) is 23.9. The zero-order valence-electron chi connectivity index (χ0n) is 18.5. The van der Waals surface area contributed by atoms with Gasteiger partial charge in [0.1, 0.15) is 35.6 Å². The predicted octanol–water partition coefficient (Wildman–Crippen LogP) is 1.44. The topological polar surface area (TPSA) is 156 Å². The molecule has 33 heavy (non-hydrogen) atoms. The first-order valence-electron chi connectivity index (χ1n) is 10.4. The molecule has 10 nitrogen and oxygen atoms in total. The van der Waals surface area contributed by atoms with Crippen molar-refractivity contribution in [1.29, 1.82) is 0 Å². The summed E-state index contributed by atoms with van der Waals surface area (Å²) in [5.41, 5.74) is 7.17. The van der Waals surface area contributed by atoms with Gasteiger partial charge in [-0.1, -0.05) is 11.6 Å². The van der Waals surface area contributed by atoms with Crippen LogP contribution in [-0.2, 0) is 4.74 Å². The van der Waals surface area contributed by atoms with Crippen LogP contribution in [0.1, 0.15) is 37.4 Å². The molecule has 4 rings (SSSR count). The minimum Gasteiger partial charge on any atom is -0.394 e. The Balaban J connectivity index is 1.75. The molecule has 6 N–H and O–H groups in total. The largest absolute Gasteiger partial charge is 0.394 e. The molecule has 11 heteroatoms. The molecule has 1 aliphatic heterocycles. The third kappa shape index (κ3) is 4.13. The van der Waals surface area contributed by atoms with E-state index in [1.165, 1.54) is 24.6 Å². The average molecular weight is 474 g/mol. The Morgan fingerprint density at radius 3 is 2.85 bits per heavy atom. The number of carbonyl (C=O) groups is 1. The minimum absolute atomic E-state index is 0.195. The lowest BCUT2D eigenvalue weighted by atomic mass is 9.96. The molecule has 0 aliphatic carbocycles. The summed E-state index contributed by atoms with van der Waals surface area (Å²) in [5, 5.41) is 36.0. The van der Waals surface area contributed by atoms with E-state index in [1.807, 2.05) is 19.9 Å². The summed E-state index contributed by atoms with van der Waals surface area (Å²) < 4.78 is 7.35. The van der Waals surface area contributed by atoms with Gasteiger partial charge >= 0.3 is 0 Å². The van der Waals surface area contributed by atoms with Gasteiger partial charge in [0.05, 0.1) is 17.6 Å². The number of carbonyl (C=O) groups excluding carboxylic acids is 1. The minimum atomic E-state index is -1.69. The number of allylic oxidation sites excluding steroid dienone is 1. The van der Waals surface area contributed by atoms with E-state index in [9.17, 15) is 20.1 Å². The van der Waals surface area contributed by atoms with Crippen molar-refractivity contribution in [3.05, 3.63) is 41.2 Å². The number of amides is 1. The number of nitrogen functional groups attached to an aromatic ring is 1. The number of hydrogen-bond donors (Lipinski definition) is 5. The molecule has 3 aromatic rings. The maximum atomic E-state index is 12.5. The van der Waals surface area contributed by atoms with E-state index in [1.54, 1.807) is 22.2 Å². The van der Waals surface area contributed by atoms with Crippen LogP contribution < -0.4 is 11.1 Å². The summed E-state index contributed by atoms with van der Waals surface area (Å²) >= 11 is 1.36. The number of hydrogen-bond acceptors (Lipinski definition) is 9. The number of fused-ring (bicyclic) bond motifs is 1. The Labute approximate surface area is 194 Å². The van der Waals surface area contributed by atoms with Gasteiger partial charge in [0.15, 0.2) is 6.23 Å². The van der Waals surface area contributed by atoms with Crippen molar-refractivity contribution >= 4 is 34.1 Å². The maximum absolute atomic E-state index is 12.5. The van der Waals surface area contributed by atoms with Crippen LogP contribution in [0.25, 0.3) is 21.5 Å². The van der Waals surface area contributed by atoms with E-state index in [0.29, 0.717) is 28.7 Å². The maximum Gasteiger partial charge on any atom is 0.252 e. The molecular formula is C22H27N5O5S. The lowest BCUT2D eigenvalue weighted by Gasteiger charge is -2.27. The number of nitrogens with zero attached hydrogens (tertiary/aromatic N) is 3. The van der Waals surface area contributed by atoms with Crippen LogP contribution in [-0.4, -0.2) is 66.7 Å². The number of nitrogens with one attached hydrogen (secondary N) is 1. The molecule has 176 valence electrons. The normalized spacial score (nSPS) is 24.8. The Hall–Kier alpha value is -2.83. The number of rotatable bonds is 6. The van der Waals surface area contributed by atoms with Crippen LogP contribution >= 0.6 is 11.3 Å². The summed E-state index contributed by atoms with van der Waals surface area (Å²) in [6.45, 7) is 5.35. The molecule has 0 spiro atoms. The highest BCUT2D eigenvalue weighted by Gasteiger charge is 2.53. The van der Waals surface area contributed by atoms with Gasteiger partial charge in [-0.15, -0.1) is 11.3 Å². The smallest absolute Gasteiger partial charge is 0.252 e. The Morgan fingerprint density at radius 2 is 2.18 bits per heavy atom. The van der Waals surface area contributed by atoms with Gasteiger partial charge in [-0.25, -0.2) is 9.97 Å². The number of aliphatic hydroxyl groups is 3. The highest BCUT2D eigenvalue weighted by molar-refractivity contribution is 7.14. The lowest BCUT2D eigenvalue weighted by Crippen LogP contribution is -2.44. The zero-order valence-corrected chi connectivity index (χ0v) is 19.3.